The Bertz CT molecular complexity index is 985. The van der Waals surface area contributed by atoms with Crippen LogP contribution in [0.1, 0.15) is 44.1 Å². The molecule has 2 N–H and O–H groups in total. The number of aryl methyl sites for hydroxylation is 1. The summed E-state index contributed by atoms with van der Waals surface area (Å²) >= 11 is 0. The van der Waals surface area contributed by atoms with E-state index in [1.54, 1.807) is 54.6 Å². The van der Waals surface area contributed by atoms with E-state index >= 15 is 0 Å². The molecule has 0 bridgehead atoms. The molecule has 166 valence electrons. The van der Waals surface area contributed by atoms with Crippen LogP contribution in [0.4, 0.5) is 5.69 Å². The van der Waals surface area contributed by atoms with E-state index in [-0.39, 0.29) is 29.7 Å². The summed E-state index contributed by atoms with van der Waals surface area (Å²) in [7, 11) is -3.85. The lowest BCUT2D eigenvalue weighted by atomic mass is 9.89. The molecule has 0 unspecified atom stereocenters. The summed E-state index contributed by atoms with van der Waals surface area (Å²) in [5, 5.41) is 0. The van der Waals surface area contributed by atoms with Crippen molar-refractivity contribution in [2.45, 2.75) is 50.3 Å². The van der Waals surface area contributed by atoms with E-state index in [2.05, 4.69) is 10.9 Å². The summed E-state index contributed by atoms with van der Waals surface area (Å²) in [5.41, 5.74) is 6.34. The van der Waals surface area contributed by atoms with E-state index < -0.39 is 15.9 Å². The van der Waals surface area contributed by atoms with Gasteiger partial charge in [-0.3, -0.25) is 24.7 Å². The van der Waals surface area contributed by atoms with Gasteiger partial charge in [-0.05, 0) is 44.0 Å². The van der Waals surface area contributed by atoms with Crippen molar-refractivity contribution in [2.24, 2.45) is 5.92 Å². The lowest BCUT2D eigenvalue weighted by molar-refractivity contribution is -0.131. The smallest absolute Gasteiger partial charge is 0.264 e. The molecular weight excluding hydrogens is 414 g/mol. The fourth-order valence-electron chi connectivity index (χ4n) is 3.68. The predicted octanol–water partition coefficient (Wildman–Crippen LogP) is 3.31. The quantitative estimate of drug-likeness (QED) is 0.642. The van der Waals surface area contributed by atoms with Crippen LogP contribution in [0.5, 0.6) is 0 Å². The zero-order chi connectivity index (χ0) is 22.3. The number of benzene rings is 2. The van der Waals surface area contributed by atoms with Crippen LogP contribution >= 0.6 is 0 Å². The highest BCUT2D eigenvalue weighted by atomic mass is 32.2. The number of hydrazine groups is 1. The lowest BCUT2D eigenvalue weighted by Gasteiger charge is -2.25. The number of rotatable bonds is 7. The third-order valence-electron chi connectivity index (χ3n) is 5.50. The summed E-state index contributed by atoms with van der Waals surface area (Å²) in [5.74, 6) is -0.693. The highest BCUT2D eigenvalue weighted by molar-refractivity contribution is 7.92. The Balaban J connectivity index is 1.66. The molecule has 0 heterocycles. The van der Waals surface area contributed by atoms with Crippen LogP contribution in [0.3, 0.4) is 0 Å². The van der Waals surface area contributed by atoms with Crippen molar-refractivity contribution < 1.29 is 18.0 Å². The maximum absolute atomic E-state index is 13.3. The molecule has 31 heavy (non-hydrogen) atoms. The predicted molar refractivity (Wildman–Crippen MR) is 120 cm³/mol. The third-order valence-corrected chi connectivity index (χ3v) is 7.34. The van der Waals surface area contributed by atoms with Crippen molar-refractivity contribution >= 4 is 27.5 Å². The molecule has 1 aliphatic carbocycles. The minimum absolute atomic E-state index is 0.0502. The summed E-state index contributed by atoms with van der Waals surface area (Å²) in [4.78, 5) is 24.7. The van der Waals surface area contributed by atoms with Crippen molar-refractivity contribution in [1.82, 2.24) is 10.9 Å². The van der Waals surface area contributed by atoms with Gasteiger partial charge in [0.15, 0.2) is 0 Å². The minimum Gasteiger partial charge on any atom is -0.273 e. The number of hydrogen-bond donors (Lipinski definition) is 2. The first-order valence-corrected chi connectivity index (χ1v) is 12.0. The molecule has 0 aliphatic heterocycles. The van der Waals surface area contributed by atoms with E-state index in [4.69, 9.17) is 0 Å². The van der Waals surface area contributed by atoms with Crippen LogP contribution in [0.2, 0.25) is 0 Å². The Labute approximate surface area is 183 Å². The molecule has 0 atom stereocenters. The fraction of sp³-hybridized carbons (Fsp3) is 0.391. The SMILES string of the molecule is Cc1ccc(S(=O)(=O)N(CCC(=O)NNC(=O)C2CCCCC2)c2ccccc2)cc1. The van der Waals surface area contributed by atoms with Crippen LogP contribution in [-0.4, -0.2) is 26.8 Å². The number of nitrogens with one attached hydrogen (secondary N) is 2. The van der Waals surface area contributed by atoms with Gasteiger partial charge >= 0.3 is 0 Å². The van der Waals surface area contributed by atoms with Crippen molar-refractivity contribution in [1.29, 1.82) is 0 Å². The van der Waals surface area contributed by atoms with Gasteiger partial charge in [0, 0.05) is 18.9 Å². The normalized spacial score (nSPS) is 14.6. The molecule has 3 rings (SSSR count). The number of sulfonamides is 1. The average molecular weight is 444 g/mol. The molecule has 7 nitrogen and oxygen atoms in total. The Hall–Kier alpha value is -2.87. The van der Waals surface area contributed by atoms with Crippen molar-refractivity contribution in [3.05, 3.63) is 60.2 Å². The summed E-state index contributed by atoms with van der Waals surface area (Å²) in [6, 6.07) is 15.3. The Morgan fingerprint density at radius 1 is 0.935 bits per heavy atom. The second-order valence-corrected chi connectivity index (χ2v) is 9.71. The van der Waals surface area contributed by atoms with Gasteiger partial charge < -0.3 is 0 Å². The average Bonchev–Trinajstić information content (AvgIpc) is 2.79. The lowest BCUT2D eigenvalue weighted by Crippen LogP contribution is -2.46. The Morgan fingerprint density at radius 2 is 1.58 bits per heavy atom. The molecule has 8 heteroatoms. The molecule has 0 aromatic heterocycles. The molecule has 1 fully saturated rings. The highest BCUT2D eigenvalue weighted by Crippen LogP contribution is 2.25. The van der Waals surface area contributed by atoms with Gasteiger partial charge in [-0.15, -0.1) is 0 Å². The fourth-order valence-corrected chi connectivity index (χ4v) is 5.15. The highest BCUT2D eigenvalue weighted by Gasteiger charge is 2.26. The van der Waals surface area contributed by atoms with Crippen LogP contribution in [0.15, 0.2) is 59.5 Å². The zero-order valence-electron chi connectivity index (χ0n) is 17.7. The number of carbonyl (C=O) groups excluding carboxylic acids is 2. The number of anilines is 1. The Kier molecular flexibility index (Phi) is 7.68. The third kappa shape index (κ3) is 6.07. The maximum Gasteiger partial charge on any atom is 0.264 e. The molecule has 0 spiro atoms. The van der Waals surface area contributed by atoms with E-state index in [0.29, 0.717) is 5.69 Å². The van der Waals surface area contributed by atoms with Gasteiger partial charge in [0.2, 0.25) is 11.8 Å². The van der Waals surface area contributed by atoms with Crippen LogP contribution < -0.4 is 15.2 Å². The van der Waals surface area contributed by atoms with Gasteiger partial charge in [0.1, 0.15) is 0 Å². The monoisotopic (exact) mass is 443 g/mol. The standard InChI is InChI=1S/C23H29N3O4S/c1-18-12-14-21(15-13-18)31(29,30)26(20-10-6-3-7-11-20)17-16-22(27)24-25-23(28)19-8-4-2-5-9-19/h3,6-7,10-15,19H,2,4-5,8-9,16-17H2,1H3,(H,24,27)(H,25,28). The topological polar surface area (TPSA) is 95.6 Å². The zero-order valence-corrected chi connectivity index (χ0v) is 18.5. The first-order valence-electron chi connectivity index (χ1n) is 10.6. The maximum atomic E-state index is 13.3. The largest absolute Gasteiger partial charge is 0.273 e. The molecule has 1 aliphatic rings. The van der Waals surface area contributed by atoms with Crippen molar-refractivity contribution in [3.8, 4) is 0 Å². The second kappa shape index (κ2) is 10.4. The van der Waals surface area contributed by atoms with Crippen LogP contribution in [0.25, 0.3) is 0 Å². The van der Waals surface area contributed by atoms with E-state index in [0.717, 1.165) is 37.7 Å². The van der Waals surface area contributed by atoms with Gasteiger partial charge in [-0.1, -0.05) is 55.2 Å². The minimum atomic E-state index is -3.85. The molecule has 2 amide bonds. The van der Waals surface area contributed by atoms with E-state index in [9.17, 15) is 18.0 Å². The van der Waals surface area contributed by atoms with Crippen molar-refractivity contribution in [2.75, 3.05) is 10.8 Å². The van der Waals surface area contributed by atoms with Gasteiger partial charge in [0.25, 0.3) is 10.0 Å². The van der Waals surface area contributed by atoms with Crippen molar-refractivity contribution in [3.63, 3.8) is 0 Å². The van der Waals surface area contributed by atoms with Crippen LogP contribution in [-0.2, 0) is 19.6 Å². The summed E-state index contributed by atoms with van der Waals surface area (Å²) in [6.07, 6.45) is 4.76. The molecule has 2 aromatic carbocycles. The number of nitrogens with zero attached hydrogens (tertiary/aromatic N) is 1. The Morgan fingerprint density at radius 3 is 2.23 bits per heavy atom. The molecule has 0 radical (unpaired) electrons. The number of para-hydroxylation sites is 1. The second-order valence-electron chi connectivity index (χ2n) is 7.85. The number of hydrogen-bond acceptors (Lipinski definition) is 4. The number of amides is 2. The van der Waals surface area contributed by atoms with Gasteiger partial charge in [0.05, 0.1) is 10.6 Å². The first kappa shape index (κ1) is 22.8. The molecule has 1 saturated carbocycles. The van der Waals surface area contributed by atoms with E-state index in [1.165, 1.54) is 4.31 Å². The molecule has 0 saturated heterocycles. The molecular formula is C23H29N3O4S. The van der Waals surface area contributed by atoms with Crippen LogP contribution in [0, 0.1) is 12.8 Å². The van der Waals surface area contributed by atoms with Gasteiger partial charge in [-0.25, -0.2) is 8.42 Å². The number of carbonyl (C=O) groups is 2. The van der Waals surface area contributed by atoms with E-state index in [1.807, 2.05) is 6.92 Å². The summed E-state index contributed by atoms with van der Waals surface area (Å²) < 4.78 is 27.7. The first-order chi connectivity index (χ1) is 14.9. The van der Waals surface area contributed by atoms with Gasteiger partial charge in [-0.2, -0.15) is 0 Å². The summed E-state index contributed by atoms with van der Waals surface area (Å²) in [6.45, 7) is 1.84. The molecule has 2 aromatic rings.